The molecule has 2 fully saturated rings. The number of H-pyrrole nitrogens is 1. The van der Waals surface area contributed by atoms with Gasteiger partial charge in [0.2, 0.25) is 5.82 Å². The second kappa shape index (κ2) is 4.94. The minimum atomic E-state index is -0.144. The lowest BCUT2D eigenvalue weighted by molar-refractivity contribution is 0.0933. The normalized spacial score (nSPS) is 19.2. The quantitative estimate of drug-likeness (QED) is 0.824. The number of rotatable bonds is 6. The molecular formula is C14H22N4O. The summed E-state index contributed by atoms with van der Waals surface area (Å²) in [6.45, 7) is 4.84. The lowest BCUT2D eigenvalue weighted by atomic mass is 9.98. The summed E-state index contributed by atoms with van der Waals surface area (Å²) in [6, 6.07) is 0. The molecule has 0 aliphatic heterocycles. The first-order valence-electron chi connectivity index (χ1n) is 7.35. The number of nitrogens with one attached hydrogen (secondary N) is 2. The van der Waals surface area contributed by atoms with E-state index in [0.717, 1.165) is 24.2 Å². The summed E-state index contributed by atoms with van der Waals surface area (Å²) >= 11 is 0. The second-order valence-electron chi connectivity index (χ2n) is 6.25. The Morgan fingerprint density at radius 3 is 2.42 bits per heavy atom. The van der Waals surface area contributed by atoms with Crippen LogP contribution in [0.4, 0.5) is 0 Å². The first kappa shape index (κ1) is 12.6. The first-order valence-corrected chi connectivity index (χ1v) is 7.35. The molecule has 1 amide bonds. The van der Waals surface area contributed by atoms with Crippen molar-refractivity contribution in [3.63, 3.8) is 0 Å². The van der Waals surface area contributed by atoms with Gasteiger partial charge < -0.3 is 5.32 Å². The van der Waals surface area contributed by atoms with Crippen molar-refractivity contribution in [3.05, 3.63) is 11.6 Å². The van der Waals surface area contributed by atoms with Crippen LogP contribution in [0, 0.1) is 17.8 Å². The van der Waals surface area contributed by atoms with Crippen LogP contribution in [0.15, 0.2) is 0 Å². The Balaban J connectivity index is 1.54. The highest BCUT2D eigenvalue weighted by molar-refractivity contribution is 5.90. The van der Waals surface area contributed by atoms with Crippen LogP contribution in [0.1, 0.15) is 61.9 Å². The molecule has 0 radical (unpaired) electrons. The molecule has 0 spiro atoms. The Bertz CT molecular complexity index is 448. The smallest absolute Gasteiger partial charge is 0.290 e. The number of nitrogens with zero attached hydrogens (tertiary/aromatic N) is 2. The highest BCUT2D eigenvalue weighted by Crippen LogP contribution is 2.48. The lowest BCUT2D eigenvalue weighted by Crippen LogP contribution is -2.31. The number of aromatic nitrogens is 3. The maximum atomic E-state index is 12.0. The number of carbonyl (C=O) groups is 1. The summed E-state index contributed by atoms with van der Waals surface area (Å²) < 4.78 is 0. The second-order valence-corrected chi connectivity index (χ2v) is 6.25. The van der Waals surface area contributed by atoms with E-state index < -0.39 is 0 Å². The molecule has 5 nitrogen and oxygen atoms in total. The van der Waals surface area contributed by atoms with Gasteiger partial charge in [0.15, 0.2) is 0 Å². The molecule has 2 aliphatic carbocycles. The Labute approximate surface area is 113 Å². The maximum absolute atomic E-state index is 12.0. The van der Waals surface area contributed by atoms with Crippen LogP contribution in [-0.2, 0) is 0 Å². The van der Waals surface area contributed by atoms with Gasteiger partial charge in [-0.15, -0.1) is 5.10 Å². The number of hydrogen-bond donors (Lipinski definition) is 2. The summed E-state index contributed by atoms with van der Waals surface area (Å²) in [5.74, 6) is 3.55. The number of hydrogen-bond acceptors (Lipinski definition) is 3. The molecule has 0 bridgehead atoms. The van der Waals surface area contributed by atoms with Crippen LogP contribution in [0.25, 0.3) is 0 Å². The van der Waals surface area contributed by atoms with E-state index in [9.17, 15) is 4.79 Å². The van der Waals surface area contributed by atoms with Gasteiger partial charge in [0.05, 0.1) is 0 Å². The summed E-state index contributed by atoms with van der Waals surface area (Å²) in [4.78, 5) is 16.2. The Hall–Kier alpha value is -1.39. The SMILES string of the molecule is CC(C)c1nc(C(=O)NCC(C2CC2)C2CC2)n[nH]1. The van der Waals surface area contributed by atoms with Gasteiger partial charge in [0, 0.05) is 12.5 Å². The minimum Gasteiger partial charge on any atom is -0.349 e. The maximum Gasteiger partial charge on any atom is 0.290 e. The average molecular weight is 262 g/mol. The van der Waals surface area contributed by atoms with Crippen molar-refractivity contribution >= 4 is 5.91 Å². The van der Waals surface area contributed by atoms with Crippen molar-refractivity contribution < 1.29 is 4.79 Å². The van der Waals surface area contributed by atoms with Crippen LogP contribution in [0.2, 0.25) is 0 Å². The molecule has 19 heavy (non-hydrogen) atoms. The van der Waals surface area contributed by atoms with Gasteiger partial charge in [-0.1, -0.05) is 13.8 Å². The molecule has 2 aliphatic rings. The third-order valence-corrected chi connectivity index (χ3v) is 4.21. The average Bonchev–Trinajstić information content (AvgIpc) is 3.30. The number of aromatic amines is 1. The van der Waals surface area contributed by atoms with Gasteiger partial charge in [-0.3, -0.25) is 9.89 Å². The number of carbonyl (C=O) groups excluding carboxylic acids is 1. The zero-order valence-corrected chi connectivity index (χ0v) is 11.6. The fourth-order valence-corrected chi connectivity index (χ4v) is 2.69. The molecule has 2 N–H and O–H groups in total. The molecule has 104 valence electrons. The van der Waals surface area contributed by atoms with Crippen molar-refractivity contribution in [2.75, 3.05) is 6.54 Å². The standard InChI is InChI=1S/C14H22N4O/c1-8(2)12-16-13(18-17-12)14(19)15-7-11(9-3-4-9)10-5-6-10/h8-11H,3-7H2,1-2H3,(H,15,19)(H,16,17,18). The van der Waals surface area contributed by atoms with E-state index in [1.165, 1.54) is 25.7 Å². The van der Waals surface area contributed by atoms with Gasteiger partial charge in [-0.05, 0) is 43.4 Å². The summed E-state index contributed by atoms with van der Waals surface area (Å²) in [6.07, 6.45) is 5.37. The molecule has 0 atom stereocenters. The van der Waals surface area contributed by atoms with E-state index >= 15 is 0 Å². The van der Waals surface area contributed by atoms with E-state index in [4.69, 9.17) is 0 Å². The fourth-order valence-electron chi connectivity index (χ4n) is 2.69. The van der Waals surface area contributed by atoms with Gasteiger partial charge in [-0.25, -0.2) is 4.98 Å². The molecule has 2 saturated carbocycles. The zero-order valence-electron chi connectivity index (χ0n) is 11.6. The van der Waals surface area contributed by atoms with E-state index in [1.807, 2.05) is 13.8 Å². The van der Waals surface area contributed by atoms with Crippen LogP contribution in [0.5, 0.6) is 0 Å². The Morgan fingerprint density at radius 2 is 1.95 bits per heavy atom. The molecule has 3 rings (SSSR count). The minimum absolute atomic E-state index is 0.144. The molecule has 1 heterocycles. The highest BCUT2D eigenvalue weighted by Gasteiger charge is 2.41. The zero-order chi connectivity index (χ0) is 13.4. The molecular weight excluding hydrogens is 240 g/mol. The molecule has 0 unspecified atom stereocenters. The van der Waals surface area contributed by atoms with Crippen molar-refractivity contribution in [2.45, 2.75) is 45.4 Å². The van der Waals surface area contributed by atoms with Gasteiger partial charge in [-0.2, -0.15) is 0 Å². The number of amides is 1. The molecule has 0 aromatic carbocycles. The third kappa shape index (κ3) is 2.96. The van der Waals surface area contributed by atoms with Crippen molar-refractivity contribution in [1.82, 2.24) is 20.5 Å². The van der Waals surface area contributed by atoms with Crippen molar-refractivity contribution in [3.8, 4) is 0 Å². The van der Waals surface area contributed by atoms with E-state index in [0.29, 0.717) is 5.92 Å². The molecule has 5 heteroatoms. The Morgan fingerprint density at radius 1 is 1.32 bits per heavy atom. The molecule has 1 aromatic rings. The topological polar surface area (TPSA) is 70.7 Å². The summed E-state index contributed by atoms with van der Waals surface area (Å²) in [5, 5.41) is 9.82. The van der Waals surface area contributed by atoms with Crippen LogP contribution >= 0.6 is 0 Å². The molecule has 1 aromatic heterocycles. The lowest BCUT2D eigenvalue weighted by Gasteiger charge is -2.15. The predicted octanol–water partition coefficient (Wildman–Crippen LogP) is 2.09. The fraction of sp³-hybridized carbons (Fsp3) is 0.786. The highest BCUT2D eigenvalue weighted by atomic mass is 16.2. The Kier molecular flexibility index (Phi) is 3.29. The predicted molar refractivity (Wildman–Crippen MR) is 71.7 cm³/mol. The summed E-state index contributed by atoms with van der Waals surface area (Å²) in [5.41, 5.74) is 0. The van der Waals surface area contributed by atoms with Gasteiger partial charge in [0.25, 0.3) is 5.91 Å². The largest absolute Gasteiger partial charge is 0.349 e. The van der Waals surface area contributed by atoms with E-state index in [-0.39, 0.29) is 17.6 Å². The summed E-state index contributed by atoms with van der Waals surface area (Å²) in [7, 11) is 0. The van der Waals surface area contributed by atoms with Crippen LogP contribution in [-0.4, -0.2) is 27.6 Å². The first-order chi connectivity index (χ1) is 9.15. The van der Waals surface area contributed by atoms with Gasteiger partial charge >= 0.3 is 0 Å². The van der Waals surface area contributed by atoms with Crippen molar-refractivity contribution in [1.29, 1.82) is 0 Å². The molecule has 0 saturated heterocycles. The third-order valence-electron chi connectivity index (χ3n) is 4.21. The van der Waals surface area contributed by atoms with Crippen LogP contribution in [0.3, 0.4) is 0 Å². The monoisotopic (exact) mass is 262 g/mol. The van der Waals surface area contributed by atoms with Crippen molar-refractivity contribution in [2.24, 2.45) is 17.8 Å². The van der Waals surface area contributed by atoms with E-state index in [1.54, 1.807) is 0 Å². The van der Waals surface area contributed by atoms with E-state index in [2.05, 4.69) is 20.5 Å². The van der Waals surface area contributed by atoms with Gasteiger partial charge in [0.1, 0.15) is 5.82 Å². The van der Waals surface area contributed by atoms with Crippen LogP contribution < -0.4 is 5.32 Å².